The van der Waals surface area contributed by atoms with Crippen molar-refractivity contribution in [1.29, 1.82) is 0 Å². The van der Waals surface area contributed by atoms with E-state index in [0.717, 1.165) is 6.92 Å². The molecule has 11 heteroatoms. The number of carbonyl (C=O) groups excluding carboxylic acids is 1. The number of nitrogens with one attached hydrogen (secondary N) is 1. The van der Waals surface area contributed by atoms with Gasteiger partial charge < -0.3 is 5.32 Å². The summed E-state index contributed by atoms with van der Waals surface area (Å²) in [6.45, 7) is 1.04. The predicted octanol–water partition coefficient (Wildman–Crippen LogP) is 4.57. The van der Waals surface area contributed by atoms with Gasteiger partial charge in [-0.3, -0.25) is 4.79 Å². The van der Waals surface area contributed by atoms with E-state index in [1.54, 1.807) is 0 Å². The summed E-state index contributed by atoms with van der Waals surface area (Å²) in [6, 6.07) is 1.75. The number of alkyl halides is 9. The third-order valence-electron chi connectivity index (χ3n) is 2.71. The van der Waals surface area contributed by atoms with Crippen LogP contribution >= 0.6 is 0 Å². The number of halogens is 9. The Morgan fingerprint density at radius 1 is 0.826 bits per heavy atom. The van der Waals surface area contributed by atoms with Crippen molar-refractivity contribution in [2.45, 2.75) is 30.9 Å². The van der Waals surface area contributed by atoms with Gasteiger partial charge in [-0.25, -0.2) is 0 Å². The maximum Gasteiger partial charge on any atom is 0.460 e. The molecule has 0 aliphatic heterocycles. The van der Waals surface area contributed by atoms with Gasteiger partial charge >= 0.3 is 23.9 Å². The summed E-state index contributed by atoms with van der Waals surface area (Å²) in [4.78, 5) is 10.7. The van der Waals surface area contributed by atoms with Crippen LogP contribution in [0.25, 0.3) is 0 Å². The van der Waals surface area contributed by atoms with Crippen molar-refractivity contribution in [3.63, 3.8) is 0 Å². The van der Waals surface area contributed by atoms with E-state index in [1.807, 2.05) is 0 Å². The van der Waals surface area contributed by atoms with Crippen molar-refractivity contribution in [3.05, 3.63) is 29.8 Å². The van der Waals surface area contributed by atoms with Gasteiger partial charge in [-0.15, -0.1) is 0 Å². The monoisotopic (exact) mass is 353 g/mol. The average molecular weight is 353 g/mol. The van der Waals surface area contributed by atoms with Crippen LogP contribution < -0.4 is 5.32 Å². The lowest BCUT2D eigenvalue weighted by atomic mass is 9.96. The van der Waals surface area contributed by atoms with Crippen LogP contribution in [0.15, 0.2) is 24.3 Å². The summed E-state index contributed by atoms with van der Waals surface area (Å²) in [5.74, 6) is -20.1. The summed E-state index contributed by atoms with van der Waals surface area (Å²) in [7, 11) is 0. The number of carbonyl (C=O) groups is 1. The van der Waals surface area contributed by atoms with Crippen LogP contribution in [0.5, 0.6) is 0 Å². The van der Waals surface area contributed by atoms with Gasteiger partial charge in [0.15, 0.2) is 0 Å². The second-order valence-electron chi connectivity index (χ2n) is 4.48. The molecule has 130 valence electrons. The van der Waals surface area contributed by atoms with Gasteiger partial charge in [0.2, 0.25) is 5.91 Å². The van der Waals surface area contributed by atoms with E-state index < -0.39 is 35.4 Å². The summed E-state index contributed by atoms with van der Waals surface area (Å²) >= 11 is 0. The molecule has 23 heavy (non-hydrogen) atoms. The third kappa shape index (κ3) is 3.22. The first-order chi connectivity index (χ1) is 10.1. The zero-order valence-corrected chi connectivity index (χ0v) is 11.1. The Labute approximate surface area is 123 Å². The van der Waals surface area contributed by atoms with Gasteiger partial charge in [0.1, 0.15) is 0 Å². The zero-order valence-electron chi connectivity index (χ0n) is 11.1. The predicted molar refractivity (Wildman–Crippen MR) is 60.6 cm³/mol. The van der Waals surface area contributed by atoms with Crippen LogP contribution in [-0.4, -0.2) is 23.9 Å². The second-order valence-corrected chi connectivity index (χ2v) is 4.48. The Bertz CT molecular complexity index is 577. The fourth-order valence-corrected chi connectivity index (χ4v) is 1.52. The molecule has 1 N–H and O–H groups in total. The first-order valence-electron chi connectivity index (χ1n) is 5.73. The highest BCUT2D eigenvalue weighted by atomic mass is 19.4. The Kier molecular flexibility index (Phi) is 4.66. The van der Waals surface area contributed by atoms with Crippen molar-refractivity contribution in [2.75, 3.05) is 5.32 Å². The topological polar surface area (TPSA) is 29.1 Å². The van der Waals surface area contributed by atoms with E-state index in [0.29, 0.717) is 12.1 Å². The highest BCUT2D eigenvalue weighted by Crippen LogP contribution is 2.56. The van der Waals surface area contributed by atoms with Gasteiger partial charge in [0.05, 0.1) is 0 Å². The Balaban J connectivity index is 3.26. The zero-order chi connectivity index (χ0) is 18.3. The van der Waals surface area contributed by atoms with Crippen molar-refractivity contribution in [3.8, 4) is 0 Å². The molecule has 0 radical (unpaired) electrons. The van der Waals surface area contributed by atoms with Crippen molar-refractivity contribution >= 4 is 11.6 Å². The first kappa shape index (κ1) is 19.1. The van der Waals surface area contributed by atoms with E-state index >= 15 is 0 Å². The molecule has 0 spiro atoms. The van der Waals surface area contributed by atoms with Crippen LogP contribution in [-0.2, 0) is 10.7 Å². The van der Waals surface area contributed by atoms with Crippen LogP contribution in [0.4, 0.5) is 45.2 Å². The lowest BCUT2D eigenvalue weighted by Gasteiger charge is -2.33. The third-order valence-corrected chi connectivity index (χ3v) is 2.71. The Hall–Kier alpha value is -1.94. The fourth-order valence-electron chi connectivity index (χ4n) is 1.52. The number of anilines is 1. The molecule has 0 unspecified atom stereocenters. The summed E-state index contributed by atoms with van der Waals surface area (Å²) in [6.07, 6.45) is -6.87. The van der Waals surface area contributed by atoms with Gasteiger partial charge in [0.25, 0.3) is 0 Å². The van der Waals surface area contributed by atoms with E-state index in [9.17, 15) is 44.3 Å². The molecule has 0 saturated carbocycles. The van der Waals surface area contributed by atoms with E-state index in [2.05, 4.69) is 5.32 Å². The molecule has 1 aromatic rings. The number of hydrogen-bond donors (Lipinski definition) is 1. The van der Waals surface area contributed by atoms with Crippen LogP contribution in [0.3, 0.4) is 0 Å². The first-order valence-corrected chi connectivity index (χ1v) is 5.73. The molecule has 2 nitrogen and oxygen atoms in total. The van der Waals surface area contributed by atoms with Crippen LogP contribution in [0.2, 0.25) is 0 Å². The van der Waals surface area contributed by atoms with E-state index in [4.69, 9.17) is 0 Å². The van der Waals surface area contributed by atoms with Gasteiger partial charge in [-0.2, -0.15) is 39.5 Å². The van der Waals surface area contributed by atoms with Gasteiger partial charge in [0, 0.05) is 18.2 Å². The normalized spacial score (nSPS) is 13.8. The van der Waals surface area contributed by atoms with Crippen molar-refractivity contribution in [2.24, 2.45) is 0 Å². The van der Waals surface area contributed by atoms with Crippen molar-refractivity contribution in [1.82, 2.24) is 0 Å². The molecule has 0 atom stereocenters. The lowest BCUT2D eigenvalue weighted by molar-refractivity contribution is -0.399. The van der Waals surface area contributed by atoms with Crippen molar-refractivity contribution < 1.29 is 44.3 Å². The summed E-state index contributed by atoms with van der Waals surface area (Å²) in [5.41, 5.74) is -1.90. The number of rotatable bonds is 4. The highest BCUT2D eigenvalue weighted by Gasteiger charge is 2.81. The van der Waals surface area contributed by atoms with Crippen LogP contribution in [0, 0.1) is 0 Å². The maximum absolute atomic E-state index is 13.5. The molecule has 1 amide bonds. The minimum Gasteiger partial charge on any atom is -0.326 e. The molecular formula is C12H8F9NO. The van der Waals surface area contributed by atoms with E-state index in [1.165, 1.54) is 0 Å². The number of amides is 1. The molecule has 1 rings (SSSR count). The van der Waals surface area contributed by atoms with E-state index in [-0.39, 0.29) is 17.8 Å². The molecule has 0 aliphatic rings. The molecule has 0 fully saturated rings. The highest BCUT2D eigenvalue weighted by molar-refractivity contribution is 5.88. The summed E-state index contributed by atoms with van der Waals surface area (Å²) in [5, 5.41) is 2.08. The molecular weight excluding hydrogens is 345 g/mol. The molecule has 0 bridgehead atoms. The minimum absolute atomic E-state index is 0.136. The quantitative estimate of drug-likeness (QED) is 0.790. The molecule has 0 heterocycles. The SMILES string of the molecule is CC(=O)Nc1ccc(C(F)(F)C(F)(F)C(F)(F)C(F)(F)F)cc1. The molecule has 0 saturated heterocycles. The number of benzene rings is 1. The molecule has 0 aliphatic carbocycles. The van der Waals surface area contributed by atoms with Gasteiger partial charge in [-0.1, -0.05) is 12.1 Å². The van der Waals surface area contributed by atoms with Gasteiger partial charge in [-0.05, 0) is 12.1 Å². The summed E-state index contributed by atoms with van der Waals surface area (Å²) < 4.78 is 115. The maximum atomic E-state index is 13.5. The fraction of sp³-hybridized carbons (Fsp3) is 0.417. The largest absolute Gasteiger partial charge is 0.460 e. The van der Waals surface area contributed by atoms with Crippen LogP contribution in [0.1, 0.15) is 12.5 Å². The smallest absolute Gasteiger partial charge is 0.326 e. The Morgan fingerprint density at radius 2 is 1.26 bits per heavy atom. The Morgan fingerprint density at radius 3 is 1.61 bits per heavy atom. The lowest BCUT2D eigenvalue weighted by Crippen LogP contribution is -2.59. The minimum atomic E-state index is -6.94. The molecule has 0 aromatic heterocycles. The average Bonchev–Trinajstić information content (AvgIpc) is 2.36. The second kappa shape index (κ2) is 5.60. The molecule has 1 aromatic carbocycles. The standard InChI is InChI=1S/C12H8F9NO/c1-6(23)22-8-4-2-7(3-5-8)9(13,14)10(15,16)11(17,18)12(19,20)21/h2-5H,1H3,(H,22,23). The number of hydrogen-bond acceptors (Lipinski definition) is 1.